The smallest absolute Gasteiger partial charge is 0.255 e. The lowest BCUT2D eigenvalue weighted by Crippen LogP contribution is -2.28. The molecule has 0 aliphatic carbocycles. The summed E-state index contributed by atoms with van der Waals surface area (Å²) in [5.74, 6) is -0.172. The number of benzene rings is 1. The fourth-order valence-electron chi connectivity index (χ4n) is 2.41. The zero-order valence-corrected chi connectivity index (χ0v) is 15.5. The van der Waals surface area contributed by atoms with Crippen molar-refractivity contribution in [2.24, 2.45) is 0 Å². The minimum atomic E-state index is -0.266. The van der Waals surface area contributed by atoms with Crippen molar-refractivity contribution in [1.82, 2.24) is 15.3 Å². The van der Waals surface area contributed by atoms with Gasteiger partial charge in [0.25, 0.3) is 5.56 Å². The van der Waals surface area contributed by atoms with Gasteiger partial charge in [-0.15, -0.1) is 0 Å². The van der Waals surface area contributed by atoms with E-state index in [1.54, 1.807) is 25.1 Å². The Balaban J connectivity index is 2.01. The highest BCUT2D eigenvalue weighted by atomic mass is 35.5. The molecule has 2 rings (SSSR count). The molecule has 0 radical (unpaired) electrons. The summed E-state index contributed by atoms with van der Waals surface area (Å²) in [6.45, 7) is 3.60. The summed E-state index contributed by atoms with van der Waals surface area (Å²) >= 11 is 16.9. The van der Waals surface area contributed by atoms with Gasteiger partial charge in [-0.3, -0.25) is 14.6 Å². The van der Waals surface area contributed by atoms with Gasteiger partial charge in [-0.25, -0.2) is 0 Å². The molecule has 0 aliphatic heterocycles. The second kappa shape index (κ2) is 7.96. The molecule has 1 amide bonds. The fourth-order valence-corrected chi connectivity index (χ4v) is 3.23. The Labute approximate surface area is 154 Å². The van der Waals surface area contributed by atoms with Gasteiger partial charge in [0.05, 0.1) is 6.04 Å². The van der Waals surface area contributed by atoms with E-state index in [9.17, 15) is 9.59 Å². The Kier molecular flexibility index (Phi) is 6.21. The molecule has 3 N–H and O–H groups in total. The van der Waals surface area contributed by atoms with E-state index < -0.39 is 0 Å². The molecule has 2 aromatic rings. The summed E-state index contributed by atoms with van der Waals surface area (Å²) in [6, 6.07) is 4.88. The van der Waals surface area contributed by atoms with Crippen LogP contribution in [0.5, 0.6) is 0 Å². The predicted octanol–water partition coefficient (Wildman–Crippen LogP) is 3.86. The van der Waals surface area contributed by atoms with Gasteiger partial charge in [-0.2, -0.15) is 0 Å². The molecule has 1 heterocycles. The van der Waals surface area contributed by atoms with Crippen molar-refractivity contribution in [3.05, 3.63) is 60.2 Å². The average Bonchev–Trinajstić information content (AvgIpc) is 2.45. The molecule has 0 spiro atoms. The second-order valence-corrected chi connectivity index (χ2v) is 6.72. The normalized spacial score (nSPS) is 12.0. The lowest BCUT2D eigenvalue weighted by atomic mass is 10.1. The van der Waals surface area contributed by atoms with E-state index in [0.717, 1.165) is 5.56 Å². The van der Waals surface area contributed by atoms with Crippen molar-refractivity contribution < 1.29 is 4.79 Å². The molecule has 0 aliphatic rings. The molecular weight excluding hydrogens is 369 g/mol. The van der Waals surface area contributed by atoms with Crippen LogP contribution in [0.2, 0.25) is 10.0 Å². The number of halogens is 2. The van der Waals surface area contributed by atoms with Gasteiger partial charge in [-0.05, 0) is 50.2 Å². The number of carbonyl (C=O) groups excluding carboxylic acids is 1. The Morgan fingerprint density at radius 1 is 1.33 bits per heavy atom. The molecule has 1 aromatic carbocycles. The van der Waals surface area contributed by atoms with Crippen molar-refractivity contribution in [3.63, 3.8) is 0 Å². The van der Waals surface area contributed by atoms with Crippen molar-refractivity contribution >= 4 is 41.3 Å². The maximum Gasteiger partial charge on any atom is 0.255 e. The summed E-state index contributed by atoms with van der Waals surface area (Å²) < 4.78 is 0.275. The van der Waals surface area contributed by atoms with Gasteiger partial charge in [0, 0.05) is 27.7 Å². The quantitative estimate of drug-likeness (QED) is 0.683. The summed E-state index contributed by atoms with van der Waals surface area (Å²) in [6.07, 6.45) is 0.504. The molecular formula is C16H17Cl2N3O2S. The Morgan fingerprint density at radius 2 is 2.04 bits per heavy atom. The molecule has 8 heteroatoms. The molecule has 128 valence electrons. The van der Waals surface area contributed by atoms with Crippen molar-refractivity contribution in [2.45, 2.75) is 32.7 Å². The van der Waals surface area contributed by atoms with E-state index >= 15 is 0 Å². The topological polar surface area (TPSA) is 77.8 Å². The molecule has 0 saturated heterocycles. The largest absolute Gasteiger partial charge is 0.350 e. The zero-order chi connectivity index (χ0) is 17.9. The first-order chi connectivity index (χ1) is 11.3. The summed E-state index contributed by atoms with van der Waals surface area (Å²) in [4.78, 5) is 29.4. The highest BCUT2D eigenvalue weighted by Gasteiger charge is 2.14. The monoisotopic (exact) mass is 385 g/mol. The number of nitrogens with one attached hydrogen (secondary N) is 3. The van der Waals surface area contributed by atoms with Crippen LogP contribution in [0.15, 0.2) is 23.0 Å². The molecule has 0 saturated carbocycles. The molecule has 24 heavy (non-hydrogen) atoms. The van der Waals surface area contributed by atoms with Crippen LogP contribution in [-0.2, 0) is 11.2 Å². The van der Waals surface area contributed by atoms with E-state index in [-0.39, 0.29) is 28.7 Å². The first kappa shape index (κ1) is 18.7. The molecule has 0 unspecified atom stereocenters. The van der Waals surface area contributed by atoms with Crippen LogP contribution in [0.3, 0.4) is 0 Å². The van der Waals surface area contributed by atoms with E-state index in [0.29, 0.717) is 27.7 Å². The van der Waals surface area contributed by atoms with Crippen molar-refractivity contribution in [3.8, 4) is 0 Å². The van der Waals surface area contributed by atoms with E-state index in [4.69, 9.17) is 35.4 Å². The predicted molar refractivity (Wildman–Crippen MR) is 98.3 cm³/mol. The third-order valence-corrected chi connectivity index (χ3v) is 4.43. The number of aryl methyl sites for hydroxylation is 1. The number of amides is 1. The van der Waals surface area contributed by atoms with Crippen LogP contribution in [0.25, 0.3) is 0 Å². The maximum absolute atomic E-state index is 12.1. The highest BCUT2D eigenvalue weighted by molar-refractivity contribution is 7.71. The van der Waals surface area contributed by atoms with Gasteiger partial charge >= 0.3 is 0 Å². The highest BCUT2D eigenvalue weighted by Crippen LogP contribution is 2.26. The number of carbonyl (C=O) groups is 1. The van der Waals surface area contributed by atoms with Crippen LogP contribution in [0.4, 0.5) is 0 Å². The summed E-state index contributed by atoms with van der Waals surface area (Å²) in [5, 5.41) is 3.91. The van der Waals surface area contributed by atoms with Crippen LogP contribution < -0.4 is 10.9 Å². The van der Waals surface area contributed by atoms with Crippen LogP contribution >= 0.6 is 35.4 Å². The molecule has 0 bridgehead atoms. The minimum absolute atomic E-state index is 0.172. The van der Waals surface area contributed by atoms with Gasteiger partial charge in [0.2, 0.25) is 5.91 Å². The van der Waals surface area contributed by atoms with E-state index in [2.05, 4.69) is 15.3 Å². The summed E-state index contributed by atoms with van der Waals surface area (Å²) in [5.41, 5.74) is 1.71. The molecule has 1 aromatic heterocycles. The van der Waals surface area contributed by atoms with Crippen LogP contribution in [-0.4, -0.2) is 15.9 Å². The number of aromatic nitrogens is 2. The Hall–Kier alpha value is -1.63. The van der Waals surface area contributed by atoms with Gasteiger partial charge in [0.1, 0.15) is 0 Å². The molecule has 5 nitrogen and oxygen atoms in total. The second-order valence-electron chi connectivity index (χ2n) is 5.47. The van der Waals surface area contributed by atoms with Gasteiger partial charge in [-0.1, -0.05) is 29.3 Å². The maximum atomic E-state index is 12.1. The lowest BCUT2D eigenvalue weighted by molar-refractivity contribution is -0.121. The molecule has 0 fully saturated rings. The SMILES string of the molecule is Cc1[nH]c(=S)[nH]c(=O)c1CCC(=O)N[C@@H](C)c1ccc(Cl)cc1Cl. The van der Waals surface area contributed by atoms with Gasteiger partial charge < -0.3 is 10.3 Å². The van der Waals surface area contributed by atoms with Crippen LogP contribution in [0, 0.1) is 11.7 Å². The average molecular weight is 386 g/mol. The number of hydrogen-bond acceptors (Lipinski definition) is 3. The molecule has 1 atom stereocenters. The number of aromatic amines is 2. The number of H-pyrrole nitrogens is 2. The Morgan fingerprint density at radius 3 is 2.67 bits per heavy atom. The fraction of sp³-hybridized carbons (Fsp3) is 0.312. The summed E-state index contributed by atoms with van der Waals surface area (Å²) in [7, 11) is 0. The number of hydrogen-bond donors (Lipinski definition) is 3. The zero-order valence-electron chi connectivity index (χ0n) is 13.2. The first-order valence-electron chi connectivity index (χ1n) is 7.34. The van der Waals surface area contributed by atoms with Crippen LogP contribution in [0.1, 0.15) is 36.2 Å². The first-order valence-corrected chi connectivity index (χ1v) is 8.50. The third-order valence-electron chi connectivity index (χ3n) is 3.66. The van der Waals surface area contributed by atoms with E-state index in [1.165, 1.54) is 0 Å². The van der Waals surface area contributed by atoms with Crippen molar-refractivity contribution in [2.75, 3.05) is 0 Å². The lowest BCUT2D eigenvalue weighted by Gasteiger charge is -2.16. The van der Waals surface area contributed by atoms with E-state index in [1.807, 2.05) is 6.92 Å². The Bertz CT molecular complexity index is 876. The standard InChI is InChI=1S/C16H17Cl2N3O2S/c1-8(11-4-3-10(17)7-13(11)18)19-14(22)6-5-12-9(2)20-16(24)21-15(12)23/h3-4,7-8H,5-6H2,1-2H3,(H,19,22)(H2,20,21,23,24)/t8-/m0/s1. The van der Waals surface area contributed by atoms with Gasteiger partial charge in [0.15, 0.2) is 4.77 Å². The van der Waals surface area contributed by atoms with Crippen molar-refractivity contribution in [1.29, 1.82) is 0 Å². The number of rotatable bonds is 5. The minimum Gasteiger partial charge on any atom is -0.350 e. The third kappa shape index (κ3) is 4.69.